The second-order valence-corrected chi connectivity index (χ2v) is 8.89. The van der Waals surface area contributed by atoms with Crippen molar-refractivity contribution in [1.29, 1.82) is 0 Å². The molecular formula is C18H21NO6S. The molecule has 1 aromatic carbocycles. The first-order valence-corrected chi connectivity index (χ1v) is 10.1. The first kappa shape index (κ1) is 18.4. The Morgan fingerprint density at radius 1 is 1.35 bits per heavy atom. The quantitative estimate of drug-likeness (QED) is 0.746. The van der Waals surface area contributed by atoms with Crippen molar-refractivity contribution >= 4 is 26.7 Å². The molecule has 1 atom stereocenters. The Balaban J connectivity index is 1.74. The third kappa shape index (κ3) is 3.60. The molecule has 0 saturated carbocycles. The second kappa shape index (κ2) is 6.75. The molecule has 0 N–H and O–H groups in total. The maximum absolute atomic E-state index is 12.3. The Bertz CT molecular complexity index is 1020. The largest absolute Gasteiger partial charge is 0.483 e. The fourth-order valence-corrected chi connectivity index (χ4v) is 4.96. The maximum atomic E-state index is 12.3. The Labute approximate surface area is 151 Å². The Hall–Kier alpha value is -2.35. The van der Waals surface area contributed by atoms with E-state index >= 15 is 0 Å². The number of fused-ring (bicyclic) bond motifs is 1. The van der Waals surface area contributed by atoms with Crippen LogP contribution in [-0.2, 0) is 14.6 Å². The van der Waals surface area contributed by atoms with Crippen molar-refractivity contribution in [3.05, 3.63) is 39.7 Å². The Kier molecular flexibility index (Phi) is 4.79. The van der Waals surface area contributed by atoms with Crippen LogP contribution in [0.25, 0.3) is 11.0 Å². The number of ether oxygens (including phenoxy) is 1. The molecule has 3 rings (SSSR count). The molecular weight excluding hydrogens is 358 g/mol. The van der Waals surface area contributed by atoms with E-state index in [1.54, 1.807) is 26.1 Å². The van der Waals surface area contributed by atoms with E-state index in [-0.39, 0.29) is 30.1 Å². The maximum Gasteiger partial charge on any atom is 0.336 e. The lowest BCUT2D eigenvalue weighted by atomic mass is 10.1. The minimum absolute atomic E-state index is 0.00528. The van der Waals surface area contributed by atoms with Gasteiger partial charge in [-0.05, 0) is 38.0 Å². The average molecular weight is 379 g/mol. The summed E-state index contributed by atoms with van der Waals surface area (Å²) in [6.07, 6.45) is 0.448. The number of benzene rings is 1. The minimum atomic E-state index is -3.06. The summed E-state index contributed by atoms with van der Waals surface area (Å²) in [5, 5.41) is 0.814. The zero-order valence-corrected chi connectivity index (χ0v) is 15.8. The number of aryl methyl sites for hydroxylation is 2. The molecule has 1 saturated heterocycles. The SMILES string of the molecule is Cc1cc(=O)oc2c(C)c(OCC(=O)N(C)[C@H]3CCS(=O)(=O)C3)ccc12. The van der Waals surface area contributed by atoms with E-state index in [1.807, 2.05) is 6.92 Å². The van der Waals surface area contributed by atoms with Crippen molar-refractivity contribution < 1.29 is 22.4 Å². The topological polar surface area (TPSA) is 93.9 Å². The van der Waals surface area contributed by atoms with Gasteiger partial charge in [0.05, 0.1) is 11.5 Å². The number of carbonyl (C=O) groups is 1. The predicted molar refractivity (Wildman–Crippen MR) is 97.3 cm³/mol. The monoisotopic (exact) mass is 379 g/mol. The van der Waals surface area contributed by atoms with Gasteiger partial charge in [-0.1, -0.05) is 0 Å². The summed E-state index contributed by atoms with van der Waals surface area (Å²) in [5.74, 6) is 0.261. The molecule has 0 radical (unpaired) electrons. The number of sulfone groups is 1. The molecule has 8 heteroatoms. The van der Waals surface area contributed by atoms with Crippen LogP contribution in [0, 0.1) is 13.8 Å². The predicted octanol–water partition coefficient (Wildman–Crippen LogP) is 1.43. The lowest BCUT2D eigenvalue weighted by molar-refractivity contribution is -0.133. The lowest BCUT2D eigenvalue weighted by Gasteiger charge is -2.23. The number of nitrogens with zero attached hydrogens (tertiary/aromatic N) is 1. The van der Waals surface area contributed by atoms with E-state index < -0.39 is 15.5 Å². The van der Waals surface area contributed by atoms with Crippen LogP contribution in [0.2, 0.25) is 0 Å². The van der Waals surface area contributed by atoms with Gasteiger partial charge < -0.3 is 14.1 Å². The van der Waals surface area contributed by atoms with Gasteiger partial charge in [0.1, 0.15) is 11.3 Å². The molecule has 1 aliphatic rings. The van der Waals surface area contributed by atoms with Crippen LogP contribution >= 0.6 is 0 Å². The van der Waals surface area contributed by atoms with Crippen LogP contribution in [0.4, 0.5) is 0 Å². The van der Waals surface area contributed by atoms with Gasteiger partial charge >= 0.3 is 5.63 Å². The molecule has 7 nitrogen and oxygen atoms in total. The third-order valence-electron chi connectivity index (χ3n) is 4.82. The van der Waals surface area contributed by atoms with E-state index in [1.165, 1.54) is 11.0 Å². The highest BCUT2D eigenvalue weighted by molar-refractivity contribution is 7.91. The standard InChI is InChI=1S/C18H21NO6S/c1-11-8-17(21)25-18-12(2)15(5-4-14(11)18)24-9-16(20)19(3)13-6-7-26(22,23)10-13/h4-5,8,13H,6-7,9-10H2,1-3H3/t13-/m0/s1. The highest BCUT2D eigenvalue weighted by atomic mass is 32.2. The van der Waals surface area contributed by atoms with Gasteiger partial charge in [-0.15, -0.1) is 0 Å². The molecule has 1 aliphatic heterocycles. The number of likely N-dealkylation sites (N-methyl/N-ethyl adjacent to an activating group) is 1. The summed E-state index contributed by atoms with van der Waals surface area (Å²) >= 11 is 0. The van der Waals surface area contributed by atoms with Crippen LogP contribution in [-0.4, -0.2) is 50.4 Å². The van der Waals surface area contributed by atoms with Crippen molar-refractivity contribution in [2.75, 3.05) is 25.2 Å². The van der Waals surface area contributed by atoms with E-state index in [0.29, 0.717) is 23.3 Å². The van der Waals surface area contributed by atoms with Crippen LogP contribution in [0.5, 0.6) is 5.75 Å². The van der Waals surface area contributed by atoms with Gasteiger partial charge in [-0.25, -0.2) is 13.2 Å². The zero-order chi connectivity index (χ0) is 19.1. The summed E-state index contributed by atoms with van der Waals surface area (Å²) < 4.78 is 34.0. The van der Waals surface area contributed by atoms with Crippen LogP contribution < -0.4 is 10.4 Å². The minimum Gasteiger partial charge on any atom is -0.483 e. The lowest BCUT2D eigenvalue weighted by Crippen LogP contribution is -2.40. The molecule has 2 heterocycles. The fraction of sp³-hybridized carbons (Fsp3) is 0.444. The molecule has 2 aromatic rings. The molecule has 26 heavy (non-hydrogen) atoms. The van der Waals surface area contributed by atoms with E-state index in [4.69, 9.17) is 9.15 Å². The molecule has 0 aliphatic carbocycles. The van der Waals surface area contributed by atoms with Crippen LogP contribution in [0.1, 0.15) is 17.5 Å². The molecule has 0 unspecified atom stereocenters. The van der Waals surface area contributed by atoms with Crippen molar-refractivity contribution in [2.24, 2.45) is 0 Å². The van der Waals surface area contributed by atoms with Gasteiger partial charge in [0.25, 0.3) is 5.91 Å². The van der Waals surface area contributed by atoms with Crippen LogP contribution in [0.3, 0.4) is 0 Å². The summed E-state index contributed by atoms with van der Waals surface area (Å²) in [7, 11) is -1.47. The van der Waals surface area contributed by atoms with Crippen molar-refractivity contribution in [3.8, 4) is 5.75 Å². The second-order valence-electron chi connectivity index (χ2n) is 6.66. The van der Waals surface area contributed by atoms with Gasteiger partial charge in [0.2, 0.25) is 0 Å². The van der Waals surface area contributed by atoms with Crippen molar-refractivity contribution in [1.82, 2.24) is 4.90 Å². The Morgan fingerprint density at radius 3 is 2.73 bits per heavy atom. The Morgan fingerprint density at radius 2 is 2.08 bits per heavy atom. The smallest absolute Gasteiger partial charge is 0.336 e. The van der Waals surface area contributed by atoms with E-state index in [9.17, 15) is 18.0 Å². The highest BCUT2D eigenvalue weighted by Gasteiger charge is 2.32. The summed E-state index contributed by atoms with van der Waals surface area (Å²) in [6, 6.07) is 4.64. The molecule has 140 valence electrons. The molecule has 1 amide bonds. The number of hydrogen-bond donors (Lipinski definition) is 0. The summed E-state index contributed by atoms with van der Waals surface area (Å²) in [5.41, 5.74) is 1.45. The number of hydrogen-bond acceptors (Lipinski definition) is 6. The van der Waals surface area contributed by atoms with Gasteiger partial charge in [-0.2, -0.15) is 0 Å². The first-order chi connectivity index (χ1) is 12.2. The average Bonchev–Trinajstić information content (AvgIpc) is 2.93. The molecule has 1 fully saturated rings. The third-order valence-corrected chi connectivity index (χ3v) is 6.57. The number of amides is 1. The summed E-state index contributed by atoms with van der Waals surface area (Å²) in [4.78, 5) is 25.4. The molecule has 0 bridgehead atoms. The number of rotatable bonds is 4. The van der Waals surface area contributed by atoms with Crippen molar-refractivity contribution in [2.45, 2.75) is 26.3 Å². The molecule has 0 spiro atoms. The number of carbonyl (C=O) groups excluding carboxylic acids is 1. The van der Waals surface area contributed by atoms with Gasteiger partial charge in [-0.3, -0.25) is 4.79 Å². The van der Waals surface area contributed by atoms with Crippen LogP contribution in [0.15, 0.2) is 27.4 Å². The molecule has 1 aromatic heterocycles. The fourth-order valence-electron chi connectivity index (χ4n) is 3.18. The normalized spacial score (nSPS) is 18.8. The van der Waals surface area contributed by atoms with E-state index in [0.717, 1.165) is 10.9 Å². The summed E-state index contributed by atoms with van der Waals surface area (Å²) in [6.45, 7) is 3.38. The van der Waals surface area contributed by atoms with Gasteiger partial charge in [0, 0.05) is 30.1 Å². The zero-order valence-electron chi connectivity index (χ0n) is 14.9. The van der Waals surface area contributed by atoms with Crippen molar-refractivity contribution in [3.63, 3.8) is 0 Å². The van der Waals surface area contributed by atoms with Gasteiger partial charge in [0.15, 0.2) is 16.4 Å². The first-order valence-electron chi connectivity index (χ1n) is 8.31. The van der Waals surface area contributed by atoms with E-state index in [2.05, 4.69) is 0 Å². The highest BCUT2D eigenvalue weighted by Crippen LogP contribution is 2.28.